The molecule has 2 N–H and O–H groups in total. The second-order valence-corrected chi connectivity index (χ2v) is 4.01. The maximum Gasteiger partial charge on any atom is 0.305 e. The summed E-state index contributed by atoms with van der Waals surface area (Å²) in [5, 5.41) is 0. The topological polar surface area (TPSA) is 57.8 Å². The predicted molar refractivity (Wildman–Crippen MR) is 53.5 cm³/mol. The highest BCUT2D eigenvalue weighted by atomic mass is 16.5. The van der Waals surface area contributed by atoms with E-state index in [4.69, 9.17) is 4.74 Å². The van der Waals surface area contributed by atoms with Crippen molar-refractivity contribution in [2.45, 2.75) is 40.5 Å². The van der Waals surface area contributed by atoms with Crippen LogP contribution in [0.25, 0.3) is 0 Å². The van der Waals surface area contributed by atoms with E-state index in [1.807, 2.05) is 13.8 Å². The minimum Gasteiger partial charge on any atom is -0.465 e. The van der Waals surface area contributed by atoms with Crippen molar-refractivity contribution < 1.29 is 15.0 Å². The van der Waals surface area contributed by atoms with Gasteiger partial charge in [0.05, 0.1) is 6.61 Å². The lowest BCUT2D eigenvalue weighted by atomic mass is 10.1. The first-order valence-corrected chi connectivity index (χ1v) is 4.68. The Morgan fingerprint density at radius 2 is 1.69 bits per heavy atom. The molecule has 0 saturated heterocycles. The van der Waals surface area contributed by atoms with E-state index in [2.05, 4.69) is 13.8 Å². The van der Waals surface area contributed by atoms with Crippen LogP contribution in [-0.2, 0) is 9.53 Å². The van der Waals surface area contributed by atoms with Gasteiger partial charge in [-0.2, -0.15) is 0 Å². The van der Waals surface area contributed by atoms with Gasteiger partial charge in [0.1, 0.15) is 0 Å². The Balaban J connectivity index is 0. The molecule has 0 atom stereocenters. The third kappa shape index (κ3) is 11.4. The molecule has 0 unspecified atom stereocenters. The lowest BCUT2D eigenvalue weighted by molar-refractivity contribution is -0.145. The standard InChI is InChI=1S/C10H20O2.H2O/c1-8(2)5-6-10(11)12-7-9(3)4;/h8-9H,5-7H2,1-4H3;1H2. The molecule has 80 valence electrons. The van der Waals surface area contributed by atoms with E-state index in [9.17, 15) is 4.79 Å². The normalized spacial score (nSPS) is 10.0. The van der Waals surface area contributed by atoms with Crippen LogP contribution in [0, 0.1) is 11.8 Å². The van der Waals surface area contributed by atoms with E-state index >= 15 is 0 Å². The van der Waals surface area contributed by atoms with Gasteiger partial charge in [-0.3, -0.25) is 4.79 Å². The van der Waals surface area contributed by atoms with Gasteiger partial charge in [0.2, 0.25) is 0 Å². The number of carbonyl (C=O) groups excluding carboxylic acids is 1. The molecule has 0 aliphatic carbocycles. The van der Waals surface area contributed by atoms with E-state index in [1.54, 1.807) is 0 Å². The van der Waals surface area contributed by atoms with Crippen molar-refractivity contribution in [3.63, 3.8) is 0 Å². The van der Waals surface area contributed by atoms with Crippen LogP contribution in [0.1, 0.15) is 40.5 Å². The van der Waals surface area contributed by atoms with Gasteiger partial charge in [0.15, 0.2) is 0 Å². The Labute approximate surface area is 80.8 Å². The number of hydrogen-bond donors (Lipinski definition) is 0. The fraction of sp³-hybridized carbons (Fsp3) is 0.900. The number of ether oxygens (including phenoxy) is 1. The first kappa shape index (κ1) is 14.9. The highest BCUT2D eigenvalue weighted by Crippen LogP contribution is 2.05. The molecule has 0 aromatic rings. The van der Waals surface area contributed by atoms with Gasteiger partial charge in [0.25, 0.3) is 0 Å². The monoisotopic (exact) mass is 190 g/mol. The second-order valence-electron chi connectivity index (χ2n) is 4.01. The Morgan fingerprint density at radius 3 is 2.08 bits per heavy atom. The fourth-order valence-electron chi connectivity index (χ4n) is 0.738. The lowest BCUT2D eigenvalue weighted by Crippen LogP contribution is -2.10. The minimum atomic E-state index is -0.0580. The summed E-state index contributed by atoms with van der Waals surface area (Å²) < 4.78 is 5.01. The van der Waals surface area contributed by atoms with Crippen LogP contribution in [0.4, 0.5) is 0 Å². The molecular formula is C10H22O3. The van der Waals surface area contributed by atoms with Gasteiger partial charge in [-0.1, -0.05) is 27.7 Å². The van der Waals surface area contributed by atoms with Crippen LogP contribution in [0.5, 0.6) is 0 Å². The zero-order valence-electron chi connectivity index (χ0n) is 9.09. The Bertz CT molecular complexity index is 116. The van der Waals surface area contributed by atoms with E-state index < -0.39 is 0 Å². The highest BCUT2D eigenvalue weighted by Gasteiger charge is 2.05. The molecule has 0 aromatic carbocycles. The molecule has 0 spiro atoms. The average molecular weight is 190 g/mol. The fourth-order valence-corrected chi connectivity index (χ4v) is 0.738. The summed E-state index contributed by atoms with van der Waals surface area (Å²) in [6.07, 6.45) is 1.49. The van der Waals surface area contributed by atoms with Crippen LogP contribution < -0.4 is 0 Å². The average Bonchev–Trinajstić information content (AvgIpc) is 1.96. The maximum atomic E-state index is 11.0. The van der Waals surface area contributed by atoms with Gasteiger partial charge in [-0.15, -0.1) is 0 Å². The van der Waals surface area contributed by atoms with Crippen LogP contribution >= 0.6 is 0 Å². The van der Waals surface area contributed by atoms with Crippen molar-refractivity contribution >= 4 is 5.97 Å². The SMILES string of the molecule is CC(C)CCC(=O)OCC(C)C.O. The van der Waals surface area contributed by atoms with Gasteiger partial charge >= 0.3 is 5.97 Å². The first-order chi connectivity index (χ1) is 5.52. The minimum absolute atomic E-state index is 0. The van der Waals surface area contributed by atoms with Crippen LogP contribution in [0.3, 0.4) is 0 Å². The van der Waals surface area contributed by atoms with Gasteiger partial charge in [-0.05, 0) is 18.3 Å². The lowest BCUT2D eigenvalue weighted by Gasteiger charge is -2.07. The third-order valence-electron chi connectivity index (χ3n) is 1.50. The third-order valence-corrected chi connectivity index (χ3v) is 1.50. The molecule has 0 amide bonds. The van der Waals surface area contributed by atoms with Crippen LogP contribution in [0.2, 0.25) is 0 Å². The largest absolute Gasteiger partial charge is 0.465 e. The Kier molecular flexibility index (Phi) is 9.24. The molecule has 13 heavy (non-hydrogen) atoms. The Hall–Kier alpha value is -0.570. The van der Waals surface area contributed by atoms with Crippen molar-refractivity contribution in [3.8, 4) is 0 Å². The summed E-state index contributed by atoms with van der Waals surface area (Å²) in [6, 6.07) is 0. The van der Waals surface area contributed by atoms with Gasteiger partial charge < -0.3 is 10.2 Å². The number of carbonyl (C=O) groups is 1. The van der Waals surface area contributed by atoms with Crippen molar-refractivity contribution in [1.82, 2.24) is 0 Å². The quantitative estimate of drug-likeness (QED) is 0.621. The molecule has 0 heterocycles. The van der Waals surface area contributed by atoms with E-state index in [0.717, 1.165) is 6.42 Å². The Morgan fingerprint density at radius 1 is 1.15 bits per heavy atom. The molecule has 0 radical (unpaired) electrons. The molecule has 0 saturated carbocycles. The molecular weight excluding hydrogens is 168 g/mol. The second kappa shape index (κ2) is 8.05. The molecule has 3 heteroatoms. The van der Waals surface area contributed by atoms with Crippen LogP contribution in [-0.4, -0.2) is 18.1 Å². The highest BCUT2D eigenvalue weighted by molar-refractivity contribution is 5.69. The summed E-state index contributed by atoms with van der Waals surface area (Å²) >= 11 is 0. The van der Waals surface area contributed by atoms with E-state index in [-0.39, 0.29) is 11.4 Å². The number of esters is 1. The van der Waals surface area contributed by atoms with E-state index in [1.165, 1.54) is 0 Å². The summed E-state index contributed by atoms with van der Waals surface area (Å²) in [6.45, 7) is 8.84. The zero-order valence-corrected chi connectivity index (χ0v) is 9.09. The van der Waals surface area contributed by atoms with Crippen molar-refractivity contribution in [2.75, 3.05) is 6.61 Å². The first-order valence-electron chi connectivity index (χ1n) is 4.68. The number of hydrogen-bond acceptors (Lipinski definition) is 2. The molecule has 0 rings (SSSR count). The van der Waals surface area contributed by atoms with Crippen LogP contribution in [0.15, 0.2) is 0 Å². The van der Waals surface area contributed by atoms with Gasteiger partial charge in [0, 0.05) is 6.42 Å². The summed E-state index contributed by atoms with van der Waals surface area (Å²) in [5.41, 5.74) is 0. The van der Waals surface area contributed by atoms with Crippen molar-refractivity contribution in [1.29, 1.82) is 0 Å². The number of rotatable bonds is 5. The summed E-state index contributed by atoms with van der Waals surface area (Å²) in [4.78, 5) is 11.0. The summed E-state index contributed by atoms with van der Waals surface area (Å²) in [7, 11) is 0. The zero-order chi connectivity index (χ0) is 9.56. The molecule has 0 aliphatic heterocycles. The molecule has 0 aromatic heterocycles. The smallest absolute Gasteiger partial charge is 0.305 e. The van der Waals surface area contributed by atoms with Crippen molar-refractivity contribution in [3.05, 3.63) is 0 Å². The van der Waals surface area contributed by atoms with E-state index in [0.29, 0.717) is 24.9 Å². The maximum absolute atomic E-state index is 11.0. The van der Waals surface area contributed by atoms with Gasteiger partial charge in [-0.25, -0.2) is 0 Å². The molecule has 0 bridgehead atoms. The summed E-state index contributed by atoms with van der Waals surface area (Å²) in [5.74, 6) is 0.960. The molecule has 0 fully saturated rings. The predicted octanol–water partition coefficient (Wildman–Crippen LogP) is 1.80. The molecule has 0 aliphatic rings. The van der Waals surface area contributed by atoms with Crippen molar-refractivity contribution in [2.24, 2.45) is 11.8 Å². The molecule has 3 nitrogen and oxygen atoms in total.